The summed E-state index contributed by atoms with van der Waals surface area (Å²) in [5.41, 5.74) is 0.485. The number of carbonyl (C=O) groups is 2. The first kappa shape index (κ1) is 22.5. The highest BCUT2D eigenvalue weighted by atomic mass is 16.5. The molecular formula is C24H30N2O5. The van der Waals surface area contributed by atoms with Crippen molar-refractivity contribution in [2.24, 2.45) is 0 Å². The summed E-state index contributed by atoms with van der Waals surface area (Å²) in [5, 5.41) is 5.82. The molecule has 0 saturated heterocycles. The lowest BCUT2D eigenvalue weighted by molar-refractivity contribution is -0.118. The van der Waals surface area contributed by atoms with Crippen molar-refractivity contribution in [2.75, 3.05) is 14.2 Å². The molecule has 1 aromatic carbocycles. The number of carbonyl (C=O) groups excluding carboxylic acids is 2. The van der Waals surface area contributed by atoms with E-state index in [1.807, 2.05) is 0 Å². The van der Waals surface area contributed by atoms with E-state index in [4.69, 9.17) is 13.9 Å². The normalized spacial score (nSPS) is 15.5. The van der Waals surface area contributed by atoms with Gasteiger partial charge in [0, 0.05) is 17.7 Å². The van der Waals surface area contributed by atoms with Gasteiger partial charge in [0.15, 0.2) is 11.5 Å². The summed E-state index contributed by atoms with van der Waals surface area (Å²) >= 11 is 0. The maximum Gasteiger partial charge on any atom is 0.268 e. The molecule has 7 nitrogen and oxygen atoms in total. The third-order valence-corrected chi connectivity index (χ3v) is 5.41. The number of hydrogen-bond donors (Lipinski definition) is 2. The molecule has 1 aliphatic carbocycles. The van der Waals surface area contributed by atoms with E-state index < -0.39 is 5.91 Å². The van der Waals surface area contributed by atoms with Crippen LogP contribution in [0.1, 0.15) is 61.1 Å². The fourth-order valence-electron chi connectivity index (χ4n) is 3.71. The topological polar surface area (TPSA) is 89.8 Å². The van der Waals surface area contributed by atoms with Crippen LogP contribution < -0.4 is 20.1 Å². The van der Waals surface area contributed by atoms with Crippen molar-refractivity contribution >= 4 is 17.9 Å². The first-order valence-corrected chi connectivity index (χ1v) is 10.7. The molecule has 0 aliphatic heterocycles. The van der Waals surface area contributed by atoms with Gasteiger partial charge in [0.05, 0.1) is 20.5 Å². The van der Waals surface area contributed by atoms with E-state index >= 15 is 0 Å². The van der Waals surface area contributed by atoms with Gasteiger partial charge < -0.3 is 24.5 Å². The molecule has 31 heavy (non-hydrogen) atoms. The minimum Gasteiger partial charge on any atom is -0.493 e. The van der Waals surface area contributed by atoms with Gasteiger partial charge in [0.2, 0.25) is 0 Å². The monoisotopic (exact) mass is 426 g/mol. The zero-order valence-electron chi connectivity index (χ0n) is 18.1. The maximum atomic E-state index is 13.0. The Morgan fingerprint density at radius 3 is 2.35 bits per heavy atom. The molecule has 1 heterocycles. The predicted molar refractivity (Wildman–Crippen MR) is 118 cm³/mol. The molecule has 2 aromatic rings. The van der Waals surface area contributed by atoms with Crippen LogP contribution in [-0.4, -0.2) is 32.1 Å². The highest BCUT2D eigenvalue weighted by Gasteiger charge is 2.20. The van der Waals surface area contributed by atoms with Gasteiger partial charge in [0.25, 0.3) is 11.8 Å². The lowest BCUT2D eigenvalue weighted by Gasteiger charge is -2.22. The van der Waals surface area contributed by atoms with E-state index in [2.05, 4.69) is 10.6 Å². The van der Waals surface area contributed by atoms with Crippen LogP contribution in [0.5, 0.6) is 11.5 Å². The van der Waals surface area contributed by atoms with Gasteiger partial charge >= 0.3 is 0 Å². The van der Waals surface area contributed by atoms with Gasteiger partial charge in [-0.3, -0.25) is 9.59 Å². The molecule has 1 aromatic heterocycles. The number of benzene rings is 1. The van der Waals surface area contributed by atoms with Crippen LogP contribution >= 0.6 is 0 Å². The fourth-order valence-corrected chi connectivity index (χ4v) is 3.71. The van der Waals surface area contributed by atoms with Crippen LogP contribution in [0.3, 0.4) is 0 Å². The van der Waals surface area contributed by atoms with E-state index in [0.717, 1.165) is 25.7 Å². The second-order valence-corrected chi connectivity index (χ2v) is 7.61. The van der Waals surface area contributed by atoms with Gasteiger partial charge in [-0.1, -0.05) is 32.1 Å². The Morgan fingerprint density at radius 1 is 1.00 bits per heavy atom. The van der Waals surface area contributed by atoms with Crippen LogP contribution in [-0.2, 0) is 4.79 Å². The van der Waals surface area contributed by atoms with Gasteiger partial charge in [-0.25, -0.2) is 0 Å². The van der Waals surface area contributed by atoms with Crippen molar-refractivity contribution in [1.82, 2.24) is 10.6 Å². The molecule has 2 amide bonds. The number of nitrogens with one attached hydrogen (secondary N) is 2. The molecular weight excluding hydrogens is 396 g/mol. The molecule has 1 saturated carbocycles. The van der Waals surface area contributed by atoms with Crippen LogP contribution in [0.2, 0.25) is 0 Å². The number of furan rings is 1. The third-order valence-electron chi connectivity index (χ3n) is 5.41. The molecule has 0 bridgehead atoms. The molecule has 0 spiro atoms. The van der Waals surface area contributed by atoms with Crippen molar-refractivity contribution in [3.63, 3.8) is 0 Å². The Balaban J connectivity index is 1.77. The number of amides is 2. The summed E-state index contributed by atoms with van der Waals surface area (Å²) < 4.78 is 15.8. The summed E-state index contributed by atoms with van der Waals surface area (Å²) in [5.74, 6) is 0.691. The fraction of sp³-hybridized carbons (Fsp3) is 0.417. The summed E-state index contributed by atoms with van der Waals surface area (Å²) in [4.78, 5) is 25.9. The maximum absolute atomic E-state index is 13.0. The van der Waals surface area contributed by atoms with Crippen LogP contribution in [0.4, 0.5) is 0 Å². The van der Waals surface area contributed by atoms with Crippen molar-refractivity contribution in [3.8, 4) is 11.5 Å². The number of rotatable bonds is 7. The highest BCUT2D eigenvalue weighted by Crippen LogP contribution is 2.27. The zero-order valence-corrected chi connectivity index (χ0v) is 18.1. The minimum atomic E-state index is -0.424. The second-order valence-electron chi connectivity index (χ2n) is 7.61. The Labute approximate surface area is 182 Å². The molecule has 3 rings (SSSR count). The SMILES string of the molecule is COc1ccc(C(=O)N/C(=C\c2ccco2)C(=O)NC2CCCCCCC2)cc1OC. The molecule has 2 N–H and O–H groups in total. The summed E-state index contributed by atoms with van der Waals surface area (Å²) in [6.07, 6.45) is 10.8. The number of ether oxygens (including phenoxy) is 2. The molecule has 0 radical (unpaired) electrons. The number of methoxy groups -OCH3 is 2. The Hall–Kier alpha value is -3.22. The molecule has 1 fully saturated rings. The van der Waals surface area contributed by atoms with E-state index in [1.54, 1.807) is 30.3 Å². The lowest BCUT2D eigenvalue weighted by Crippen LogP contribution is -2.40. The van der Waals surface area contributed by atoms with Crippen LogP contribution in [0, 0.1) is 0 Å². The number of hydrogen-bond acceptors (Lipinski definition) is 5. The van der Waals surface area contributed by atoms with Crippen LogP contribution in [0.25, 0.3) is 6.08 Å². The molecule has 1 aliphatic rings. The first-order chi connectivity index (χ1) is 15.1. The molecule has 7 heteroatoms. The average Bonchev–Trinajstić information content (AvgIpc) is 3.27. The minimum absolute atomic E-state index is 0.103. The average molecular weight is 427 g/mol. The Morgan fingerprint density at radius 2 is 1.71 bits per heavy atom. The van der Waals surface area contributed by atoms with Crippen molar-refractivity contribution in [1.29, 1.82) is 0 Å². The molecule has 0 atom stereocenters. The van der Waals surface area contributed by atoms with Crippen LogP contribution in [0.15, 0.2) is 46.7 Å². The van der Waals surface area contributed by atoms with E-state index in [-0.39, 0.29) is 17.6 Å². The Bertz CT molecular complexity index is 897. The van der Waals surface area contributed by atoms with E-state index in [1.165, 1.54) is 45.8 Å². The first-order valence-electron chi connectivity index (χ1n) is 10.7. The summed E-state index contributed by atoms with van der Waals surface area (Å²) in [6, 6.07) is 8.40. The summed E-state index contributed by atoms with van der Waals surface area (Å²) in [7, 11) is 3.03. The highest BCUT2D eigenvalue weighted by molar-refractivity contribution is 6.05. The van der Waals surface area contributed by atoms with Crippen molar-refractivity contribution in [3.05, 3.63) is 53.6 Å². The third kappa shape index (κ3) is 6.38. The quantitative estimate of drug-likeness (QED) is 0.645. The standard InChI is InChI=1S/C24H30N2O5/c1-29-21-13-12-17(15-22(21)30-2)23(27)26-20(16-19-11-8-14-31-19)24(28)25-18-9-6-4-3-5-7-10-18/h8,11-16,18H,3-7,9-10H2,1-2H3,(H,25,28)(H,26,27)/b20-16-. The zero-order chi connectivity index (χ0) is 22.1. The second kappa shape index (κ2) is 11.2. The lowest BCUT2D eigenvalue weighted by atomic mass is 9.96. The molecule has 0 unspecified atom stereocenters. The van der Waals surface area contributed by atoms with Crippen molar-refractivity contribution in [2.45, 2.75) is 51.0 Å². The van der Waals surface area contributed by atoms with Crippen molar-refractivity contribution < 1.29 is 23.5 Å². The largest absolute Gasteiger partial charge is 0.493 e. The van der Waals surface area contributed by atoms with Gasteiger partial charge in [0.1, 0.15) is 11.5 Å². The van der Waals surface area contributed by atoms with E-state index in [9.17, 15) is 9.59 Å². The summed E-state index contributed by atoms with van der Waals surface area (Å²) in [6.45, 7) is 0. The van der Waals surface area contributed by atoms with Gasteiger partial charge in [-0.15, -0.1) is 0 Å². The predicted octanol–water partition coefficient (Wildman–Crippen LogP) is 4.30. The van der Waals surface area contributed by atoms with Gasteiger partial charge in [-0.05, 0) is 43.2 Å². The molecule has 166 valence electrons. The van der Waals surface area contributed by atoms with Gasteiger partial charge in [-0.2, -0.15) is 0 Å². The van der Waals surface area contributed by atoms with E-state index in [0.29, 0.717) is 22.8 Å². The Kier molecular flexibility index (Phi) is 8.15. The smallest absolute Gasteiger partial charge is 0.268 e.